The second-order valence-electron chi connectivity index (χ2n) is 6.08. The summed E-state index contributed by atoms with van der Waals surface area (Å²) in [4.78, 5) is 24.6. The molecule has 0 heterocycles. The lowest BCUT2D eigenvalue weighted by Crippen LogP contribution is -2.30. The number of hydrogen-bond donors (Lipinski definition) is 1. The number of amides is 1. The van der Waals surface area contributed by atoms with E-state index in [1.165, 1.54) is 52.4 Å². The lowest BCUT2D eigenvalue weighted by Gasteiger charge is -2.15. The minimum absolute atomic E-state index is 0.0314. The molecule has 150 valence electrons. The Morgan fingerprint density at radius 3 is 2.39 bits per heavy atom. The molecule has 1 N–H and O–H groups in total. The number of nitrogens with zero attached hydrogens (tertiary/aromatic N) is 1. The third kappa shape index (κ3) is 5.08. The Kier molecular flexibility index (Phi) is 6.76. The molecule has 2 aromatic rings. The Hall–Kier alpha value is -2.91. The summed E-state index contributed by atoms with van der Waals surface area (Å²) in [7, 11) is 0.608. The lowest BCUT2D eigenvalue weighted by molar-refractivity contribution is -0.123. The lowest BCUT2D eigenvalue weighted by atomic mass is 10.2. The van der Waals surface area contributed by atoms with E-state index in [-0.39, 0.29) is 10.5 Å². The number of sulfonamides is 1. The van der Waals surface area contributed by atoms with Gasteiger partial charge in [-0.2, -0.15) is 0 Å². The molecule has 1 atom stereocenters. The topological polar surface area (TPSA) is 102 Å². The summed E-state index contributed by atoms with van der Waals surface area (Å²) in [6.45, 7) is 1.42. The molecular weight excluding hydrogens is 384 g/mol. The Bertz CT molecular complexity index is 972. The quantitative estimate of drug-likeness (QED) is 0.707. The second kappa shape index (κ2) is 8.85. The molecule has 0 bridgehead atoms. The number of anilines is 1. The van der Waals surface area contributed by atoms with Crippen LogP contribution in [0.3, 0.4) is 0 Å². The first-order chi connectivity index (χ1) is 13.1. The number of nitrogens with one attached hydrogen (secondary N) is 1. The number of hydrogen-bond acceptors (Lipinski definition) is 6. The zero-order valence-corrected chi connectivity index (χ0v) is 16.8. The highest BCUT2D eigenvalue weighted by Gasteiger charge is 2.22. The van der Waals surface area contributed by atoms with Gasteiger partial charge in [-0.25, -0.2) is 17.5 Å². The van der Waals surface area contributed by atoms with Gasteiger partial charge in [0.2, 0.25) is 10.0 Å². The minimum Gasteiger partial charge on any atom is -0.497 e. The van der Waals surface area contributed by atoms with E-state index in [0.29, 0.717) is 11.4 Å². The maximum atomic E-state index is 12.3. The predicted octanol–water partition coefficient (Wildman–Crippen LogP) is 2.13. The van der Waals surface area contributed by atoms with E-state index in [0.717, 1.165) is 4.31 Å². The number of rotatable bonds is 7. The molecule has 0 aromatic heterocycles. The number of esters is 1. The number of ether oxygens (including phenoxy) is 2. The summed E-state index contributed by atoms with van der Waals surface area (Å²) in [5.41, 5.74) is 0.523. The van der Waals surface area contributed by atoms with Crippen LogP contribution in [-0.4, -0.2) is 51.9 Å². The van der Waals surface area contributed by atoms with E-state index in [1.807, 2.05) is 0 Å². The standard InChI is InChI=1S/C19H22N2O6S/c1-13(18(22)20-15-8-6-9-16(12-15)26-4)27-19(23)14-7-5-10-17(11-14)28(24,25)21(2)3/h5-13H,1-4H3,(H,20,22)/t13-/m1/s1. The molecular formula is C19H22N2O6S. The molecule has 28 heavy (non-hydrogen) atoms. The highest BCUT2D eigenvalue weighted by atomic mass is 32.2. The van der Waals surface area contributed by atoms with Crippen molar-refractivity contribution < 1.29 is 27.5 Å². The minimum atomic E-state index is -3.69. The molecule has 9 heteroatoms. The van der Waals surface area contributed by atoms with Gasteiger partial charge in [0.25, 0.3) is 5.91 Å². The molecule has 2 aromatic carbocycles. The Balaban J connectivity index is 2.08. The Morgan fingerprint density at radius 2 is 1.75 bits per heavy atom. The van der Waals surface area contributed by atoms with E-state index in [2.05, 4.69) is 5.32 Å². The van der Waals surface area contributed by atoms with Crippen LogP contribution in [0.2, 0.25) is 0 Å². The summed E-state index contributed by atoms with van der Waals surface area (Å²) < 4.78 is 35.7. The van der Waals surface area contributed by atoms with Gasteiger partial charge in [0.1, 0.15) is 5.75 Å². The van der Waals surface area contributed by atoms with Gasteiger partial charge in [-0.1, -0.05) is 12.1 Å². The fraction of sp³-hybridized carbons (Fsp3) is 0.263. The number of carbonyl (C=O) groups is 2. The van der Waals surface area contributed by atoms with Gasteiger partial charge in [0, 0.05) is 25.8 Å². The average Bonchev–Trinajstić information content (AvgIpc) is 2.67. The summed E-state index contributed by atoms with van der Waals surface area (Å²) in [6.07, 6.45) is -1.09. The van der Waals surface area contributed by atoms with Crippen LogP contribution in [-0.2, 0) is 19.6 Å². The van der Waals surface area contributed by atoms with Crippen molar-refractivity contribution in [1.29, 1.82) is 0 Å². The summed E-state index contributed by atoms with van der Waals surface area (Å²) in [5.74, 6) is -0.760. The van der Waals surface area contributed by atoms with Gasteiger partial charge < -0.3 is 14.8 Å². The van der Waals surface area contributed by atoms with Crippen LogP contribution in [0.4, 0.5) is 5.69 Å². The highest BCUT2D eigenvalue weighted by molar-refractivity contribution is 7.89. The molecule has 0 aliphatic heterocycles. The first-order valence-corrected chi connectivity index (χ1v) is 9.77. The fourth-order valence-corrected chi connectivity index (χ4v) is 3.17. The Morgan fingerprint density at radius 1 is 1.07 bits per heavy atom. The first kappa shape index (κ1) is 21.4. The zero-order chi connectivity index (χ0) is 20.9. The number of carbonyl (C=O) groups excluding carboxylic acids is 2. The van der Waals surface area contributed by atoms with Crippen molar-refractivity contribution in [3.05, 3.63) is 54.1 Å². The van der Waals surface area contributed by atoms with Crippen molar-refractivity contribution >= 4 is 27.6 Å². The third-order valence-electron chi connectivity index (χ3n) is 3.84. The van der Waals surface area contributed by atoms with E-state index in [9.17, 15) is 18.0 Å². The molecule has 8 nitrogen and oxygen atoms in total. The van der Waals surface area contributed by atoms with Crippen LogP contribution < -0.4 is 10.1 Å². The van der Waals surface area contributed by atoms with Crippen molar-refractivity contribution in [2.45, 2.75) is 17.9 Å². The molecule has 0 radical (unpaired) electrons. The predicted molar refractivity (Wildman–Crippen MR) is 104 cm³/mol. The summed E-state index contributed by atoms with van der Waals surface area (Å²) in [6, 6.07) is 12.2. The normalized spacial score (nSPS) is 12.3. The van der Waals surface area contributed by atoms with E-state index < -0.39 is 28.0 Å². The summed E-state index contributed by atoms with van der Waals surface area (Å²) >= 11 is 0. The smallest absolute Gasteiger partial charge is 0.338 e. The summed E-state index contributed by atoms with van der Waals surface area (Å²) in [5, 5.41) is 2.63. The molecule has 0 saturated heterocycles. The molecule has 0 saturated carbocycles. The fourth-order valence-electron chi connectivity index (χ4n) is 2.22. The number of benzene rings is 2. The van der Waals surface area contributed by atoms with Crippen molar-refractivity contribution in [2.24, 2.45) is 0 Å². The molecule has 2 rings (SSSR count). The SMILES string of the molecule is COc1cccc(NC(=O)[C@@H](C)OC(=O)c2cccc(S(=O)(=O)N(C)C)c2)c1. The van der Waals surface area contributed by atoms with Gasteiger partial charge in [0.15, 0.2) is 6.10 Å². The molecule has 0 spiro atoms. The van der Waals surface area contributed by atoms with Crippen LogP contribution in [0.1, 0.15) is 17.3 Å². The van der Waals surface area contributed by atoms with Gasteiger partial charge in [0.05, 0.1) is 17.6 Å². The van der Waals surface area contributed by atoms with Crippen LogP contribution >= 0.6 is 0 Å². The highest BCUT2D eigenvalue weighted by Crippen LogP contribution is 2.18. The zero-order valence-electron chi connectivity index (χ0n) is 16.0. The third-order valence-corrected chi connectivity index (χ3v) is 5.65. The molecule has 0 fully saturated rings. The van der Waals surface area contributed by atoms with Crippen molar-refractivity contribution in [1.82, 2.24) is 4.31 Å². The van der Waals surface area contributed by atoms with Crippen LogP contribution in [0.25, 0.3) is 0 Å². The van der Waals surface area contributed by atoms with E-state index >= 15 is 0 Å². The molecule has 1 amide bonds. The Labute approximate surface area is 164 Å². The van der Waals surface area contributed by atoms with Crippen LogP contribution in [0.5, 0.6) is 5.75 Å². The largest absolute Gasteiger partial charge is 0.497 e. The van der Waals surface area contributed by atoms with E-state index in [1.54, 1.807) is 24.3 Å². The molecule has 0 aliphatic carbocycles. The van der Waals surface area contributed by atoms with Crippen molar-refractivity contribution in [3.63, 3.8) is 0 Å². The second-order valence-corrected chi connectivity index (χ2v) is 8.24. The number of methoxy groups -OCH3 is 1. The first-order valence-electron chi connectivity index (χ1n) is 8.33. The molecule has 0 aliphatic rings. The van der Waals surface area contributed by atoms with Gasteiger partial charge in [-0.05, 0) is 37.3 Å². The molecule has 0 unspecified atom stereocenters. The monoisotopic (exact) mass is 406 g/mol. The maximum Gasteiger partial charge on any atom is 0.338 e. The van der Waals surface area contributed by atoms with E-state index in [4.69, 9.17) is 9.47 Å². The van der Waals surface area contributed by atoms with Gasteiger partial charge in [-0.3, -0.25) is 4.79 Å². The van der Waals surface area contributed by atoms with Gasteiger partial charge in [-0.15, -0.1) is 0 Å². The maximum absolute atomic E-state index is 12.3. The van der Waals surface area contributed by atoms with Crippen molar-refractivity contribution in [3.8, 4) is 5.75 Å². The van der Waals surface area contributed by atoms with Crippen LogP contribution in [0, 0.1) is 0 Å². The van der Waals surface area contributed by atoms with Crippen molar-refractivity contribution in [2.75, 3.05) is 26.5 Å². The average molecular weight is 406 g/mol. The van der Waals surface area contributed by atoms with Gasteiger partial charge >= 0.3 is 5.97 Å². The van der Waals surface area contributed by atoms with Crippen LogP contribution in [0.15, 0.2) is 53.4 Å².